The Bertz CT molecular complexity index is 2710. The van der Waals surface area contributed by atoms with Crippen molar-refractivity contribution in [3.63, 3.8) is 0 Å². The molecule has 0 radical (unpaired) electrons. The van der Waals surface area contributed by atoms with Crippen molar-refractivity contribution in [2.24, 2.45) is 0 Å². The van der Waals surface area contributed by atoms with E-state index in [2.05, 4.69) is 210 Å². The molecule has 0 heterocycles. The minimum Gasteiger partial charge on any atom is -0.0619 e. The molecule has 0 spiro atoms. The maximum atomic E-state index is 2.43. The number of hydrogen-bond donors (Lipinski definition) is 0. The van der Waals surface area contributed by atoms with E-state index >= 15 is 0 Å². The molecule has 0 heteroatoms. The van der Waals surface area contributed by atoms with E-state index in [4.69, 9.17) is 0 Å². The van der Waals surface area contributed by atoms with Gasteiger partial charge in [-0.2, -0.15) is 0 Å². The van der Waals surface area contributed by atoms with Crippen LogP contribution in [0.4, 0.5) is 0 Å². The van der Waals surface area contributed by atoms with Crippen LogP contribution in [-0.2, 0) is 10.8 Å². The molecule has 0 atom stereocenters. The van der Waals surface area contributed by atoms with E-state index in [1.165, 1.54) is 111 Å². The minimum absolute atomic E-state index is 0.588. The largest absolute Gasteiger partial charge is 0.0719 e. The van der Waals surface area contributed by atoms with E-state index in [0.717, 1.165) is 0 Å². The first-order chi connectivity index (χ1) is 27.4. The molecule has 0 fully saturated rings. The van der Waals surface area contributed by atoms with E-state index in [9.17, 15) is 0 Å². The van der Waals surface area contributed by atoms with E-state index in [-0.39, 0.29) is 0 Å². The molecule has 0 nitrogen and oxygen atoms in total. The van der Waals surface area contributed by atoms with E-state index < -0.39 is 10.8 Å². The Morgan fingerprint density at radius 1 is 0.268 bits per heavy atom. The van der Waals surface area contributed by atoms with Gasteiger partial charge in [0.15, 0.2) is 0 Å². The second kappa shape index (κ2) is 12.0. The maximum absolute atomic E-state index is 2.43. The fraction of sp³-hybridized carbons (Fsp3) is 0.107. The topological polar surface area (TPSA) is 0 Å². The Hall–Kier alpha value is -6.50. The van der Waals surface area contributed by atoms with Crippen LogP contribution in [-0.4, -0.2) is 0 Å². The monoisotopic (exact) mass is 714 g/mol. The number of aryl methyl sites for hydroxylation is 4. The third-order valence-electron chi connectivity index (χ3n) is 13.1. The van der Waals surface area contributed by atoms with Gasteiger partial charge in [-0.05, 0) is 116 Å². The fourth-order valence-electron chi connectivity index (χ4n) is 10.7. The number of fused-ring (bicyclic) bond motifs is 6. The Kier molecular flexibility index (Phi) is 7.05. The average molecular weight is 715 g/mol. The highest BCUT2D eigenvalue weighted by atomic mass is 14.5. The molecule has 56 heavy (non-hydrogen) atoms. The fourth-order valence-corrected chi connectivity index (χ4v) is 10.7. The lowest BCUT2D eigenvalue weighted by Crippen LogP contribution is -2.37. The zero-order valence-corrected chi connectivity index (χ0v) is 32.3. The van der Waals surface area contributed by atoms with Gasteiger partial charge >= 0.3 is 0 Å². The van der Waals surface area contributed by atoms with Gasteiger partial charge in [0.1, 0.15) is 0 Å². The average Bonchev–Trinajstić information content (AvgIpc) is 3.24. The number of hydrogen-bond acceptors (Lipinski definition) is 0. The number of benzene rings is 9. The van der Waals surface area contributed by atoms with Gasteiger partial charge < -0.3 is 0 Å². The van der Waals surface area contributed by atoms with Gasteiger partial charge in [0.2, 0.25) is 0 Å². The molecule has 266 valence electrons. The predicted molar refractivity (Wildman–Crippen MR) is 235 cm³/mol. The Balaban J connectivity index is 1.45. The van der Waals surface area contributed by atoms with Crippen molar-refractivity contribution in [3.8, 4) is 22.3 Å². The van der Waals surface area contributed by atoms with Crippen molar-refractivity contribution in [1.29, 1.82) is 0 Å². The smallest absolute Gasteiger partial charge is 0.0619 e. The molecule has 2 aliphatic carbocycles. The van der Waals surface area contributed by atoms with Gasteiger partial charge in [-0.1, -0.05) is 204 Å². The van der Waals surface area contributed by atoms with Crippen LogP contribution >= 0.6 is 0 Å². The minimum atomic E-state index is -0.588. The van der Waals surface area contributed by atoms with E-state index in [1.54, 1.807) is 0 Å². The molecule has 9 aromatic rings. The molecule has 0 saturated carbocycles. The first kappa shape index (κ1) is 32.9. The Labute approximate surface area is 329 Å². The first-order valence-corrected chi connectivity index (χ1v) is 19.9. The van der Waals surface area contributed by atoms with Crippen LogP contribution in [0.1, 0.15) is 66.8 Å². The lowest BCUT2D eigenvalue weighted by atomic mass is 9.54. The molecule has 0 amide bonds. The van der Waals surface area contributed by atoms with Gasteiger partial charge in [-0.15, -0.1) is 0 Å². The summed E-state index contributed by atoms with van der Waals surface area (Å²) in [5, 5.41) is 5.31. The highest BCUT2D eigenvalue weighted by Crippen LogP contribution is 2.63. The van der Waals surface area contributed by atoms with Crippen molar-refractivity contribution in [3.05, 3.63) is 249 Å². The highest BCUT2D eigenvalue weighted by Gasteiger charge is 2.50. The highest BCUT2D eigenvalue weighted by molar-refractivity contribution is 6.20. The van der Waals surface area contributed by atoms with Gasteiger partial charge in [0.25, 0.3) is 0 Å². The lowest BCUT2D eigenvalue weighted by molar-refractivity contribution is 0.745. The van der Waals surface area contributed by atoms with E-state index in [0.29, 0.717) is 0 Å². The maximum Gasteiger partial charge on any atom is 0.0719 e. The summed E-state index contributed by atoms with van der Waals surface area (Å²) in [7, 11) is 0. The van der Waals surface area contributed by atoms with Crippen LogP contribution in [0.2, 0.25) is 0 Å². The zero-order valence-electron chi connectivity index (χ0n) is 32.3. The molecular formula is C56H42. The zero-order chi connectivity index (χ0) is 37.8. The van der Waals surface area contributed by atoms with Gasteiger partial charge in [-0.3, -0.25) is 0 Å². The second-order valence-electron chi connectivity index (χ2n) is 16.3. The van der Waals surface area contributed by atoms with Gasteiger partial charge in [-0.25, -0.2) is 0 Å². The quantitative estimate of drug-likeness (QED) is 0.159. The SMILES string of the molecule is Cc1ccc(C2(c3ccc(C)cc3)c3ccccc3-c3cccc4c5c6c(cccc6c2c34)-c2ccccc2C5(c2ccc(C)cc2)c2ccc(C)cc2)cc1. The standard InChI is InChI=1S/C56H42/c1-35-19-27-39(28-20-35)55(40-29-21-36(2)22-30-40)49-17-7-5-11-43(49)45-13-10-16-48-51(45)53(55)47-15-9-14-46-44-12-6-8-18-50(44)56(54(48)52(46)47,41-31-23-37(3)24-32-41)42-33-25-38(4)26-34-42/h5-34H,1-4H3. The van der Waals surface area contributed by atoms with Gasteiger partial charge in [0.05, 0.1) is 10.8 Å². The summed E-state index contributed by atoms with van der Waals surface area (Å²) >= 11 is 0. The van der Waals surface area contributed by atoms with Crippen LogP contribution in [0.5, 0.6) is 0 Å². The molecule has 11 rings (SSSR count). The van der Waals surface area contributed by atoms with Crippen LogP contribution in [0, 0.1) is 27.7 Å². The molecule has 2 aliphatic rings. The van der Waals surface area contributed by atoms with Crippen LogP contribution in [0.15, 0.2) is 182 Å². The third kappa shape index (κ3) is 4.25. The van der Waals surface area contributed by atoms with Gasteiger partial charge in [0, 0.05) is 0 Å². The summed E-state index contributed by atoms with van der Waals surface area (Å²) in [6.07, 6.45) is 0. The summed E-state index contributed by atoms with van der Waals surface area (Å²) in [6.45, 7) is 8.78. The lowest BCUT2D eigenvalue weighted by Gasteiger charge is -2.47. The molecule has 0 saturated heterocycles. The predicted octanol–water partition coefficient (Wildman–Crippen LogP) is 14.0. The summed E-state index contributed by atoms with van der Waals surface area (Å²) in [4.78, 5) is 0. The van der Waals surface area contributed by atoms with Crippen molar-refractivity contribution >= 4 is 21.5 Å². The molecule has 0 N–H and O–H groups in total. The number of rotatable bonds is 4. The van der Waals surface area contributed by atoms with Crippen molar-refractivity contribution in [2.45, 2.75) is 38.5 Å². The summed E-state index contributed by atoms with van der Waals surface area (Å²) in [5.74, 6) is 0. The summed E-state index contributed by atoms with van der Waals surface area (Å²) in [5.41, 5.74) is 19.6. The summed E-state index contributed by atoms with van der Waals surface area (Å²) in [6, 6.07) is 70.1. The summed E-state index contributed by atoms with van der Waals surface area (Å²) < 4.78 is 0. The van der Waals surface area contributed by atoms with Crippen LogP contribution in [0.25, 0.3) is 43.8 Å². The normalized spacial score (nSPS) is 14.4. The van der Waals surface area contributed by atoms with Crippen molar-refractivity contribution < 1.29 is 0 Å². The van der Waals surface area contributed by atoms with Crippen molar-refractivity contribution in [2.75, 3.05) is 0 Å². The first-order valence-electron chi connectivity index (χ1n) is 19.9. The van der Waals surface area contributed by atoms with Crippen LogP contribution < -0.4 is 0 Å². The molecule has 0 unspecified atom stereocenters. The second-order valence-corrected chi connectivity index (χ2v) is 16.3. The Morgan fingerprint density at radius 2 is 0.554 bits per heavy atom. The molecule has 0 aliphatic heterocycles. The molecular weight excluding hydrogens is 673 g/mol. The molecule has 9 aromatic carbocycles. The Morgan fingerprint density at radius 3 is 0.875 bits per heavy atom. The third-order valence-corrected chi connectivity index (χ3v) is 13.1. The van der Waals surface area contributed by atoms with Crippen LogP contribution in [0.3, 0.4) is 0 Å². The van der Waals surface area contributed by atoms with Crippen molar-refractivity contribution in [1.82, 2.24) is 0 Å². The van der Waals surface area contributed by atoms with E-state index in [1.807, 2.05) is 0 Å². The molecule has 0 bridgehead atoms. The molecule has 0 aromatic heterocycles.